The van der Waals surface area contributed by atoms with Gasteiger partial charge in [-0.1, -0.05) is 77.4 Å². The first kappa shape index (κ1) is 26.6. The Balaban J connectivity index is 1.46. The summed E-state index contributed by atoms with van der Waals surface area (Å²) in [6.07, 6.45) is 1.76. The van der Waals surface area contributed by atoms with Crippen molar-refractivity contribution in [3.05, 3.63) is 136 Å². The quantitative estimate of drug-likeness (QED) is 0.157. The molecular formula is C34H30N2O4. The predicted molar refractivity (Wildman–Crippen MR) is 157 cm³/mol. The topological polar surface area (TPSA) is 70.4 Å². The number of aryl methyl sites for hydroxylation is 3. The third kappa shape index (κ3) is 6.18. The zero-order valence-electron chi connectivity index (χ0n) is 22.8. The van der Waals surface area contributed by atoms with Gasteiger partial charge < -0.3 is 14.0 Å². The first-order valence-corrected chi connectivity index (χ1v) is 13.1. The minimum absolute atomic E-state index is 0.150. The summed E-state index contributed by atoms with van der Waals surface area (Å²) in [4.78, 5) is 30.5. The zero-order valence-corrected chi connectivity index (χ0v) is 22.8. The van der Waals surface area contributed by atoms with Crippen LogP contribution in [0.15, 0.2) is 97.1 Å². The lowest BCUT2D eigenvalue weighted by Crippen LogP contribution is -2.13. The van der Waals surface area contributed by atoms with Crippen LogP contribution in [0, 0.1) is 20.8 Å². The van der Waals surface area contributed by atoms with Gasteiger partial charge in [0.05, 0.1) is 28.7 Å². The normalized spacial score (nSPS) is 11.4. The second kappa shape index (κ2) is 11.8. The number of nitrogens with zero attached hydrogens (tertiary/aromatic N) is 2. The minimum atomic E-state index is -0.457. The van der Waals surface area contributed by atoms with E-state index in [1.54, 1.807) is 30.3 Å². The van der Waals surface area contributed by atoms with Crippen molar-refractivity contribution in [2.45, 2.75) is 27.3 Å². The maximum absolute atomic E-state index is 13.1. The molecule has 40 heavy (non-hydrogen) atoms. The summed E-state index contributed by atoms with van der Waals surface area (Å²) in [6, 6.07) is 30.1. The van der Waals surface area contributed by atoms with Crippen molar-refractivity contribution >= 4 is 34.8 Å². The summed E-state index contributed by atoms with van der Waals surface area (Å²) >= 11 is 0. The van der Waals surface area contributed by atoms with Crippen LogP contribution < -0.4 is 0 Å². The summed E-state index contributed by atoms with van der Waals surface area (Å²) in [7, 11) is 0. The van der Waals surface area contributed by atoms with Crippen LogP contribution in [0.2, 0.25) is 0 Å². The average Bonchev–Trinajstić information content (AvgIpc) is 3.30. The number of carbonyl (C=O) groups is 2. The van der Waals surface area contributed by atoms with E-state index in [1.165, 1.54) is 0 Å². The molecule has 0 bridgehead atoms. The van der Waals surface area contributed by atoms with Gasteiger partial charge >= 0.3 is 11.9 Å². The van der Waals surface area contributed by atoms with E-state index in [0.717, 1.165) is 33.3 Å². The van der Waals surface area contributed by atoms with E-state index in [4.69, 9.17) is 14.5 Å². The SMILES string of the molecule is Cc1ccc(C(=O)OCCn2c(/C=C(/OC(=O)c3ccc(C)cc3)c3ccc(C)cc3)nc3ccccc32)cc1. The van der Waals surface area contributed by atoms with E-state index in [9.17, 15) is 9.59 Å². The minimum Gasteiger partial charge on any atom is -0.460 e. The number of para-hydroxylation sites is 2. The van der Waals surface area contributed by atoms with Crippen LogP contribution in [0.3, 0.4) is 0 Å². The third-order valence-corrected chi connectivity index (χ3v) is 6.61. The van der Waals surface area contributed by atoms with Crippen LogP contribution in [-0.2, 0) is 16.0 Å². The Kier molecular flexibility index (Phi) is 7.87. The van der Waals surface area contributed by atoms with Gasteiger partial charge in [0.1, 0.15) is 18.2 Å². The molecule has 4 aromatic carbocycles. The van der Waals surface area contributed by atoms with E-state index in [-0.39, 0.29) is 12.6 Å². The highest BCUT2D eigenvalue weighted by Crippen LogP contribution is 2.25. The van der Waals surface area contributed by atoms with Gasteiger partial charge in [0, 0.05) is 11.6 Å². The maximum atomic E-state index is 13.1. The van der Waals surface area contributed by atoms with E-state index in [0.29, 0.717) is 29.3 Å². The molecule has 0 unspecified atom stereocenters. The molecule has 0 fully saturated rings. The number of ether oxygens (including phenoxy) is 2. The molecule has 0 aliphatic heterocycles. The zero-order chi connectivity index (χ0) is 28.1. The molecular weight excluding hydrogens is 500 g/mol. The molecule has 5 aromatic rings. The number of benzene rings is 4. The van der Waals surface area contributed by atoms with Gasteiger partial charge in [0.2, 0.25) is 0 Å². The van der Waals surface area contributed by atoms with Crippen molar-refractivity contribution in [1.29, 1.82) is 0 Å². The van der Waals surface area contributed by atoms with E-state index in [1.807, 2.05) is 98.1 Å². The molecule has 6 heteroatoms. The molecule has 0 radical (unpaired) electrons. The van der Waals surface area contributed by atoms with E-state index < -0.39 is 5.97 Å². The monoisotopic (exact) mass is 530 g/mol. The van der Waals surface area contributed by atoms with Crippen molar-refractivity contribution in [2.24, 2.45) is 0 Å². The first-order chi connectivity index (χ1) is 19.4. The summed E-state index contributed by atoms with van der Waals surface area (Å²) in [5.41, 5.74) is 6.60. The number of esters is 2. The summed E-state index contributed by atoms with van der Waals surface area (Å²) in [5.74, 6) is 0.119. The molecule has 5 rings (SSSR count). The van der Waals surface area contributed by atoms with E-state index in [2.05, 4.69) is 0 Å². The second-order valence-electron chi connectivity index (χ2n) is 9.74. The number of fused-ring (bicyclic) bond motifs is 1. The summed E-state index contributed by atoms with van der Waals surface area (Å²) in [6.45, 7) is 6.46. The largest absolute Gasteiger partial charge is 0.460 e. The van der Waals surface area contributed by atoms with Gasteiger partial charge in [0.15, 0.2) is 0 Å². The first-order valence-electron chi connectivity index (χ1n) is 13.1. The Morgan fingerprint density at radius 3 is 1.82 bits per heavy atom. The number of hydrogen-bond acceptors (Lipinski definition) is 5. The molecule has 0 N–H and O–H groups in total. The van der Waals surface area contributed by atoms with Gasteiger partial charge in [-0.2, -0.15) is 0 Å². The molecule has 0 saturated heterocycles. The highest BCUT2D eigenvalue weighted by Gasteiger charge is 2.16. The highest BCUT2D eigenvalue weighted by atomic mass is 16.5. The van der Waals surface area contributed by atoms with Gasteiger partial charge in [-0.25, -0.2) is 14.6 Å². The number of hydrogen-bond donors (Lipinski definition) is 0. The fraction of sp³-hybridized carbons (Fsp3) is 0.147. The third-order valence-electron chi connectivity index (χ3n) is 6.61. The van der Waals surface area contributed by atoms with Gasteiger partial charge in [-0.3, -0.25) is 0 Å². The molecule has 0 aliphatic carbocycles. The van der Waals surface area contributed by atoms with E-state index >= 15 is 0 Å². The van der Waals surface area contributed by atoms with Crippen molar-refractivity contribution in [2.75, 3.05) is 6.61 Å². The van der Waals surface area contributed by atoms with Crippen molar-refractivity contribution < 1.29 is 19.1 Å². The lowest BCUT2D eigenvalue weighted by Gasteiger charge is -2.12. The molecule has 0 aliphatic rings. The van der Waals surface area contributed by atoms with Crippen LogP contribution in [0.1, 0.15) is 48.8 Å². The van der Waals surface area contributed by atoms with Crippen LogP contribution in [0.4, 0.5) is 0 Å². The average molecular weight is 531 g/mol. The molecule has 0 amide bonds. The highest BCUT2D eigenvalue weighted by molar-refractivity contribution is 5.95. The summed E-state index contributed by atoms with van der Waals surface area (Å²) in [5, 5.41) is 0. The molecule has 1 aromatic heterocycles. The smallest absolute Gasteiger partial charge is 0.343 e. The van der Waals surface area contributed by atoms with Gasteiger partial charge in [0.25, 0.3) is 0 Å². The molecule has 0 saturated carbocycles. The van der Waals surface area contributed by atoms with Crippen LogP contribution >= 0.6 is 0 Å². The van der Waals surface area contributed by atoms with Crippen LogP contribution in [-0.4, -0.2) is 28.1 Å². The lowest BCUT2D eigenvalue weighted by atomic mass is 10.1. The summed E-state index contributed by atoms with van der Waals surface area (Å²) < 4.78 is 13.5. The van der Waals surface area contributed by atoms with Crippen molar-refractivity contribution in [3.63, 3.8) is 0 Å². The fourth-order valence-corrected chi connectivity index (χ4v) is 4.30. The Morgan fingerprint density at radius 1 is 0.700 bits per heavy atom. The Morgan fingerprint density at radius 2 is 1.23 bits per heavy atom. The Labute approximate surface area is 233 Å². The molecule has 6 nitrogen and oxygen atoms in total. The molecule has 0 spiro atoms. The van der Waals surface area contributed by atoms with Crippen LogP contribution in [0.25, 0.3) is 22.9 Å². The van der Waals surface area contributed by atoms with Crippen molar-refractivity contribution in [1.82, 2.24) is 9.55 Å². The van der Waals surface area contributed by atoms with Gasteiger partial charge in [-0.15, -0.1) is 0 Å². The standard InChI is InChI=1S/C34H30N2O4/c1-23-8-14-26(15-9-23)31(40-34(38)28-18-12-25(3)13-19-28)22-32-35-29-6-4-5-7-30(29)36(32)20-21-39-33(37)27-16-10-24(2)11-17-27/h4-19,22H,20-21H2,1-3H3/b31-22+. The molecule has 200 valence electrons. The number of aromatic nitrogens is 2. The second-order valence-corrected chi connectivity index (χ2v) is 9.74. The Bertz CT molecular complexity index is 1680. The fourth-order valence-electron chi connectivity index (χ4n) is 4.30. The van der Waals surface area contributed by atoms with Gasteiger partial charge in [-0.05, 0) is 57.2 Å². The number of imidazole rings is 1. The van der Waals surface area contributed by atoms with Crippen LogP contribution in [0.5, 0.6) is 0 Å². The lowest BCUT2D eigenvalue weighted by molar-refractivity contribution is 0.0491. The predicted octanol–water partition coefficient (Wildman–Crippen LogP) is 7.17. The molecule has 0 atom stereocenters. The molecule has 1 heterocycles. The Hall–Kier alpha value is -4.97. The maximum Gasteiger partial charge on any atom is 0.343 e. The number of rotatable bonds is 8. The number of carbonyl (C=O) groups excluding carboxylic acids is 2. The van der Waals surface area contributed by atoms with Crippen molar-refractivity contribution in [3.8, 4) is 0 Å².